The van der Waals surface area contributed by atoms with Gasteiger partial charge in [0.05, 0.1) is 5.69 Å². The average molecular weight is 250 g/mol. The highest BCUT2D eigenvalue weighted by atomic mass is 15.2. The van der Waals surface area contributed by atoms with Crippen LogP contribution in [0.25, 0.3) is 0 Å². The van der Waals surface area contributed by atoms with Gasteiger partial charge in [0.25, 0.3) is 0 Å². The van der Waals surface area contributed by atoms with Gasteiger partial charge < -0.3 is 15.1 Å². The topological polar surface area (TPSA) is 31.4 Å². The van der Waals surface area contributed by atoms with Gasteiger partial charge in [0, 0.05) is 37.6 Å². The smallest absolute Gasteiger partial charge is 0.0562 e. The molecule has 0 aliphatic heterocycles. The van der Waals surface area contributed by atoms with Crippen LogP contribution >= 0.6 is 0 Å². The van der Waals surface area contributed by atoms with E-state index in [0.717, 1.165) is 25.3 Å². The Hall–Kier alpha value is -1.13. The molecule has 1 rings (SSSR count). The quantitative estimate of drug-likeness (QED) is 0.796. The van der Waals surface area contributed by atoms with E-state index < -0.39 is 0 Å². The van der Waals surface area contributed by atoms with Crippen LogP contribution in [-0.2, 0) is 6.54 Å². The summed E-state index contributed by atoms with van der Waals surface area (Å²) >= 11 is 0. The molecule has 0 aliphatic rings. The molecule has 0 bridgehead atoms. The van der Waals surface area contributed by atoms with Crippen LogP contribution in [0.5, 0.6) is 0 Å². The van der Waals surface area contributed by atoms with Gasteiger partial charge in [-0.25, -0.2) is 0 Å². The van der Waals surface area contributed by atoms with Gasteiger partial charge in [-0.1, -0.05) is 0 Å². The number of likely N-dealkylation sites (N-methyl/N-ethyl adjacent to an activating group) is 2. The summed E-state index contributed by atoms with van der Waals surface area (Å²) in [7, 11) is 6.17. The minimum absolute atomic E-state index is 0.495. The van der Waals surface area contributed by atoms with Gasteiger partial charge in [0.15, 0.2) is 0 Å². The van der Waals surface area contributed by atoms with E-state index in [4.69, 9.17) is 0 Å². The number of nitrogens with zero attached hydrogens (tertiary/aromatic N) is 3. The molecule has 0 aliphatic carbocycles. The molecule has 1 atom stereocenters. The summed E-state index contributed by atoms with van der Waals surface area (Å²) in [5.41, 5.74) is 2.35. The van der Waals surface area contributed by atoms with Crippen molar-refractivity contribution in [2.45, 2.75) is 26.4 Å². The van der Waals surface area contributed by atoms with Crippen LogP contribution in [0.3, 0.4) is 0 Å². The van der Waals surface area contributed by atoms with Crippen molar-refractivity contribution in [2.75, 3.05) is 39.1 Å². The first-order valence-electron chi connectivity index (χ1n) is 6.59. The first-order chi connectivity index (χ1) is 8.58. The van der Waals surface area contributed by atoms with Gasteiger partial charge >= 0.3 is 0 Å². The van der Waals surface area contributed by atoms with Crippen molar-refractivity contribution in [3.05, 3.63) is 24.0 Å². The second-order valence-corrected chi connectivity index (χ2v) is 4.93. The van der Waals surface area contributed by atoms with E-state index in [1.807, 2.05) is 13.2 Å². The SMILES string of the molecule is CCN(c1ccnc(CNC)c1)C(C)CN(C)C. The van der Waals surface area contributed by atoms with Gasteiger partial charge in [-0.15, -0.1) is 0 Å². The third-order valence-electron chi connectivity index (χ3n) is 2.99. The molecule has 1 heterocycles. The van der Waals surface area contributed by atoms with Crippen LogP contribution in [0.1, 0.15) is 19.5 Å². The number of hydrogen-bond donors (Lipinski definition) is 1. The van der Waals surface area contributed by atoms with E-state index in [1.165, 1.54) is 5.69 Å². The van der Waals surface area contributed by atoms with Crippen molar-refractivity contribution in [3.63, 3.8) is 0 Å². The van der Waals surface area contributed by atoms with E-state index in [9.17, 15) is 0 Å². The lowest BCUT2D eigenvalue weighted by atomic mass is 10.2. The summed E-state index contributed by atoms with van der Waals surface area (Å²) in [5, 5.41) is 3.14. The Balaban J connectivity index is 2.83. The molecule has 1 aromatic rings. The van der Waals surface area contributed by atoms with Gasteiger partial charge in [-0.05, 0) is 47.1 Å². The summed E-state index contributed by atoms with van der Waals surface area (Å²) < 4.78 is 0. The van der Waals surface area contributed by atoms with Crippen molar-refractivity contribution in [2.24, 2.45) is 0 Å². The molecule has 0 fully saturated rings. The van der Waals surface area contributed by atoms with Crippen molar-refractivity contribution in [1.29, 1.82) is 0 Å². The average Bonchev–Trinajstić information content (AvgIpc) is 2.30. The summed E-state index contributed by atoms with van der Waals surface area (Å²) in [6.45, 7) is 7.34. The minimum Gasteiger partial charge on any atom is -0.368 e. The normalized spacial score (nSPS) is 12.8. The molecule has 0 saturated carbocycles. The molecule has 1 aromatic heterocycles. The maximum absolute atomic E-state index is 4.37. The van der Waals surface area contributed by atoms with Crippen LogP contribution in [0.2, 0.25) is 0 Å². The third kappa shape index (κ3) is 4.27. The zero-order valence-corrected chi connectivity index (χ0v) is 12.3. The van der Waals surface area contributed by atoms with Crippen LogP contribution in [0.4, 0.5) is 5.69 Å². The molecule has 18 heavy (non-hydrogen) atoms. The van der Waals surface area contributed by atoms with Gasteiger partial charge in [-0.2, -0.15) is 0 Å². The maximum atomic E-state index is 4.37. The largest absolute Gasteiger partial charge is 0.368 e. The van der Waals surface area contributed by atoms with Crippen molar-refractivity contribution in [1.82, 2.24) is 15.2 Å². The van der Waals surface area contributed by atoms with Gasteiger partial charge in [0.2, 0.25) is 0 Å². The van der Waals surface area contributed by atoms with Crippen molar-refractivity contribution in [3.8, 4) is 0 Å². The Morgan fingerprint density at radius 1 is 1.39 bits per heavy atom. The van der Waals surface area contributed by atoms with Crippen LogP contribution in [0, 0.1) is 0 Å². The molecule has 4 nitrogen and oxygen atoms in total. The molecule has 1 N–H and O–H groups in total. The summed E-state index contributed by atoms with van der Waals surface area (Å²) in [6.07, 6.45) is 1.90. The fourth-order valence-corrected chi connectivity index (χ4v) is 2.30. The Bertz CT molecular complexity index is 351. The zero-order valence-electron chi connectivity index (χ0n) is 12.3. The number of rotatable bonds is 7. The first-order valence-corrected chi connectivity index (χ1v) is 6.59. The van der Waals surface area contributed by atoms with Gasteiger partial charge in [0.1, 0.15) is 0 Å². The maximum Gasteiger partial charge on any atom is 0.0562 e. The number of anilines is 1. The van der Waals surface area contributed by atoms with E-state index in [1.54, 1.807) is 0 Å². The molecule has 1 unspecified atom stereocenters. The summed E-state index contributed by atoms with van der Waals surface area (Å²) in [5.74, 6) is 0. The first kappa shape index (κ1) is 14.9. The lowest BCUT2D eigenvalue weighted by Gasteiger charge is -2.32. The fourth-order valence-electron chi connectivity index (χ4n) is 2.30. The predicted octanol–water partition coefficient (Wildman–Crippen LogP) is 1.58. The minimum atomic E-state index is 0.495. The number of hydrogen-bond acceptors (Lipinski definition) is 4. The third-order valence-corrected chi connectivity index (χ3v) is 2.99. The molecule has 0 radical (unpaired) electrons. The highest BCUT2D eigenvalue weighted by Crippen LogP contribution is 2.17. The summed E-state index contributed by atoms with van der Waals surface area (Å²) in [4.78, 5) is 9.01. The Labute approximate surface area is 111 Å². The highest BCUT2D eigenvalue weighted by Gasteiger charge is 2.14. The van der Waals surface area contributed by atoms with Crippen LogP contribution < -0.4 is 10.2 Å². The zero-order chi connectivity index (χ0) is 13.5. The predicted molar refractivity (Wildman–Crippen MR) is 78.0 cm³/mol. The lowest BCUT2D eigenvalue weighted by Crippen LogP contribution is -2.40. The molecule has 0 saturated heterocycles. The fraction of sp³-hybridized carbons (Fsp3) is 0.643. The van der Waals surface area contributed by atoms with E-state index in [-0.39, 0.29) is 0 Å². The number of pyridine rings is 1. The van der Waals surface area contributed by atoms with Crippen LogP contribution in [0.15, 0.2) is 18.3 Å². The molecule has 0 amide bonds. The lowest BCUT2D eigenvalue weighted by molar-refractivity contribution is 0.373. The second kappa shape index (κ2) is 7.34. The second-order valence-electron chi connectivity index (χ2n) is 4.93. The molecular formula is C14H26N4. The van der Waals surface area contributed by atoms with E-state index in [0.29, 0.717) is 6.04 Å². The molecule has 0 spiro atoms. The molecule has 4 heteroatoms. The van der Waals surface area contributed by atoms with Crippen LogP contribution in [-0.4, -0.2) is 50.2 Å². The monoisotopic (exact) mass is 250 g/mol. The molecule has 0 aromatic carbocycles. The van der Waals surface area contributed by atoms with Gasteiger partial charge in [-0.3, -0.25) is 4.98 Å². The molecule has 102 valence electrons. The van der Waals surface area contributed by atoms with Crippen molar-refractivity contribution >= 4 is 5.69 Å². The number of aromatic nitrogens is 1. The number of nitrogens with one attached hydrogen (secondary N) is 1. The Morgan fingerprint density at radius 3 is 2.67 bits per heavy atom. The molecular weight excluding hydrogens is 224 g/mol. The van der Waals surface area contributed by atoms with E-state index in [2.05, 4.69) is 60.2 Å². The highest BCUT2D eigenvalue weighted by molar-refractivity contribution is 5.47. The van der Waals surface area contributed by atoms with Crippen molar-refractivity contribution < 1.29 is 0 Å². The standard InChI is InChI=1S/C14H26N4/c1-6-18(12(2)11-17(4)5)14-7-8-16-13(9-14)10-15-3/h7-9,12,15H,6,10-11H2,1-5H3. The summed E-state index contributed by atoms with van der Waals surface area (Å²) in [6, 6.07) is 4.76. The van der Waals surface area contributed by atoms with E-state index >= 15 is 0 Å². The Morgan fingerprint density at radius 2 is 2.11 bits per heavy atom. The Kier molecular flexibility index (Phi) is 6.09.